The van der Waals surface area contributed by atoms with Crippen molar-refractivity contribution in [2.24, 2.45) is 0 Å². The molecule has 2 aromatic rings. The standard InChI is InChI=1S/C22H20ClNO5/c1-3-4-11-24(2)17(25)12-29-22(28)16-10-9-15-18(19(16)23)21(27)14-8-6-5-7-13(14)20(15)26/h5-10H,3-4,11-12H2,1-2H3. The molecule has 0 heterocycles. The molecule has 0 atom stereocenters. The topological polar surface area (TPSA) is 80.8 Å². The summed E-state index contributed by atoms with van der Waals surface area (Å²) in [4.78, 5) is 51.5. The lowest BCUT2D eigenvalue weighted by atomic mass is 9.83. The van der Waals surface area contributed by atoms with Gasteiger partial charge in [-0.2, -0.15) is 0 Å². The van der Waals surface area contributed by atoms with Crippen LogP contribution >= 0.6 is 11.6 Å². The summed E-state index contributed by atoms with van der Waals surface area (Å²) in [6, 6.07) is 9.19. The lowest BCUT2D eigenvalue weighted by molar-refractivity contribution is -0.133. The highest BCUT2D eigenvalue weighted by atomic mass is 35.5. The van der Waals surface area contributed by atoms with Crippen LogP contribution in [0.25, 0.3) is 0 Å². The van der Waals surface area contributed by atoms with Gasteiger partial charge in [0.1, 0.15) is 0 Å². The Morgan fingerprint density at radius 3 is 2.31 bits per heavy atom. The summed E-state index contributed by atoms with van der Waals surface area (Å²) in [5.74, 6) is -1.91. The number of ketones is 2. The van der Waals surface area contributed by atoms with Gasteiger partial charge in [0.05, 0.1) is 16.1 Å². The van der Waals surface area contributed by atoms with Gasteiger partial charge in [-0.3, -0.25) is 14.4 Å². The maximum atomic E-state index is 12.9. The average Bonchev–Trinajstić information content (AvgIpc) is 2.73. The summed E-state index contributed by atoms with van der Waals surface area (Å²) < 4.78 is 5.08. The molecule has 0 fully saturated rings. The zero-order chi connectivity index (χ0) is 21.1. The van der Waals surface area contributed by atoms with E-state index in [1.807, 2.05) is 6.92 Å². The smallest absolute Gasteiger partial charge is 0.340 e. The highest BCUT2D eigenvalue weighted by molar-refractivity contribution is 6.41. The third-order valence-corrected chi connectivity index (χ3v) is 5.24. The van der Waals surface area contributed by atoms with Gasteiger partial charge < -0.3 is 9.64 Å². The van der Waals surface area contributed by atoms with E-state index in [2.05, 4.69) is 0 Å². The molecular weight excluding hydrogens is 394 g/mol. The summed E-state index contributed by atoms with van der Waals surface area (Å²) in [6.07, 6.45) is 1.79. The van der Waals surface area contributed by atoms with Gasteiger partial charge in [-0.1, -0.05) is 49.2 Å². The predicted octanol–water partition coefficient (Wildman–Crippen LogP) is 3.53. The Labute approximate surface area is 173 Å². The van der Waals surface area contributed by atoms with Crippen LogP contribution in [0.2, 0.25) is 5.02 Å². The van der Waals surface area contributed by atoms with E-state index >= 15 is 0 Å². The number of carbonyl (C=O) groups is 4. The Bertz CT molecular complexity index is 1010. The van der Waals surface area contributed by atoms with Gasteiger partial charge in [0.15, 0.2) is 18.2 Å². The number of rotatable bonds is 6. The van der Waals surface area contributed by atoms with Gasteiger partial charge in [0, 0.05) is 30.3 Å². The molecule has 3 rings (SSSR count). The second-order valence-electron chi connectivity index (χ2n) is 6.80. The molecule has 6 nitrogen and oxygen atoms in total. The van der Waals surface area contributed by atoms with Crippen molar-refractivity contribution in [2.45, 2.75) is 19.8 Å². The monoisotopic (exact) mass is 413 g/mol. The molecule has 1 aliphatic rings. The molecule has 1 amide bonds. The largest absolute Gasteiger partial charge is 0.452 e. The van der Waals surface area contributed by atoms with E-state index in [4.69, 9.17) is 16.3 Å². The first-order chi connectivity index (χ1) is 13.9. The molecule has 0 radical (unpaired) electrons. The fourth-order valence-electron chi connectivity index (χ4n) is 3.14. The highest BCUT2D eigenvalue weighted by Crippen LogP contribution is 2.34. The third kappa shape index (κ3) is 3.93. The van der Waals surface area contributed by atoms with Gasteiger partial charge in [-0.15, -0.1) is 0 Å². The van der Waals surface area contributed by atoms with Crippen LogP contribution in [0.3, 0.4) is 0 Å². The minimum Gasteiger partial charge on any atom is -0.452 e. The van der Waals surface area contributed by atoms with Gasteiger partial charge in [0.2, 0.25) is 0 Å². The number of esters is 1. The van der Waals surface area contributed by atoms with E-state index in [9.17, 15) is 19.2 Å². The second kappa shape index (κ2) is 8.57. The van der Waals surface area contributed by atoms with E-state index < -0.39 is 18.4 Å². The first-order valence-electron chi connectivity index (χ1n) is 9.28. The molecule has 0 saturated heterocycles. The summed E-state index contributed by atoms with van der Waals surface area (Å²) in [6.45, 7) is 2.16. The van der Waals surface area contributed by atoms with Crippen LogP contribution in [0.5, 0.6) is 0 Å². The van der Waals surface area contributed by atoms with Crippen molar-refractivity contribution in [1.29, 1.82) is 0 Å². The number of fused-ring (bicyclic) bond motifs is 2. The van der Waals surface area contributed by atoms with Crippen molar-refractivity contribution < 1.29 is 23.9 Å². The molecule has 150 valence electrons. The molecule has 1 aliphatic carbocycles. The SMILES string of the molecule is CCCCN(C)C(=O)COC(=O)c1ccc2c(c1Cl)C(=O)c1ccccc1C2=O. The van der Waals surface area contributed by atoms with E-state index in [0.717, 1.165) is 12.8 Å². The Hall–Kier alpha value is -2.99. The zero-order valence-corrected chi connectivity index (χ0v) is 16.9. The zero-order valence-electron chi connectivity index (χ0n) is 16.2. The second-order valence-corrected chi connectivity index (χ2v) is 7.18. The molecule has 0 spiro atoms. The maximum Gasteiger partial charge on any atom is 0.340 e. The first kappa shape index (κ1) is 20.7. The van der Waals surface area contributed by atoms with Crippen molar-refractivity contribution in [3.05, 3.63) is 69.2 Å². The number of hydrogen-bond acceptors (Lipinski definition) is 5. The summed E-state index contributed by atoms with van der Waals surface area (Å²) in [5.41, 5.74) is 0.610. The predicted molar refractivity (Wildman–Crippen MR) is 108 cm³/mol. The highest BCUT2D eigenvalue weighted by Gasteiger charge is 2.33. The van der Waals surface area contributed by atoms with E-state index in [1.165, 1.54) is 17.0 Å². The Morgan fingerprint density at radius 2 is 1.66 bits per heavy atom. The number of unbranched alkanes of at least 4 members (excludes halogenated alkanes) is 1. The number of likely N-dealkylation sites (N-methyl/N-ethyl adjacent to an activating group) is 1. The fraction of sp³-hybridized carbons (Fsp3) is 0.273. The van der Waals surface area contributed by atoms with E-state index in [1.54, 1.807) is 31.3 Å². The molecule has 0 saturated carbocycles. The lowest BCUT2D eigenvalue weighted by Crippen LogP contribution is -2.32. The lowest BCUT2D eigenvalue weighted by Gasteiger charge is -2.20. The number of halogens is 1. The molecular formula is C22H20ClNO5. The Kier molecular flexibility index (Phi) is 6.13. The van der Waals surface area contributed by atoms with Gasteiger partial charge in [-0.05, 0) is 18.6 Å². The molecule has 0 aliphatic heterocycles. The van der Waals surface area contributed by atoms with Crippen LogP contribution < -0.4 is 0 Å². The number of nitrogens with zero attached hydrogens (tertiary/aromatic N) is 1. The van der Waals surface area contributed by atoms with Crippen molar-refractivity contribution in [2.75, 3.05) is 20.2 Å². The molecule has 29 heavy (non-hydrogen) atoms. The maximum absolute atomic E-state index is 12.9. The Balaban J connectivity index is 1.82. The Morgan fingerprint density at radius 1 is 1.00 bits per heavy atom. The molecule has 7 heteroatoms. The van der Waals surface area contributed by atoms with Gasteiger partial charge in [-0.25, -0.2) is 4.79 Å². The van der Waals surface area contributed by atoms with Crippen LogP contribution in [-0.4, -0.2) is 48.5 Å². The molecule has 0 unspecified atom stereocenters. The van der Waals surface area contributed by atoms with E-state index in [-0.39, 0.29) is 39.0 Å². The van der Waals surface area contributed by atoms with Crippen LogP contribution in [-0.2, 0) is 9.53 Å². The molecule has 0 N–H and O–H groups in total. The van der Waals surface area contributed by atoms with E-state index in [0.29, 0.717) is 12.1 Å². The average molecular weight is 414 g/mol. The van der Waals surface area contributed by atoms with Crippen molar-refractivity contribution in [1.82, 2.24) is 4.90 Å². The van der Waals surface area contributed by atoms with Crippen LogP contribution in [0, 0.1) is 0 Å². The molecule has 2 aromatic carbocycles. The summed E-state index contributed by atoms with van der Waals surface area (Å²) >= 11 is 6.33. The number of carbonyl (C=O) groups excluding carboxylic acids is 4. The third-order valence-electron chi connectivity index (χ3n) is 4.85. The molecule has 0 bridgehead atoms. The van der Waals surface area contributed by atoms with Crippen LogP contribution in [0.15, 0.2) is 36.4 Å². The minimum atomic E-state index is -0.825. The van der Waals surface area contributed by atoms with Crippen LogP contribution in [0.4, 0.5) is 0 Å². The number of hydrogen-bond donors (Lipinski definition) is 0. The number of ether oxygens (including phenoxy) is 1. The molecule has 0 aromatic heterocycles. The fourth-order valence-corrected chi connectivity index (χ4v) is 3.47. The first-order valence-corrected chi connectivity index (χ1v) is 9.66. The van der Waals surface area contributed by atoms with Gasteiger partial charge in [0.25, 0.3) is 5.91 Å². The quantitative estimate of drug-likeness (QED) is 0.577. The number of amides is 1. The minimum absolute atomic E-state index is 0.0174. The summed E-state index contributed by atoms with van der Waals surface area (Å²) in [7, 11) is 1.64. The van der Waals surface area contributed by atoms with Crippen molar-refractivity contribution >= 4 is 35.0 Å². The van der Waals surface area contributed by atoms with Crippen LogP contribution in [0.1, 0.15) is 62.0 Å². The van der Waals surface area contributed by atoms with Gasteiger partial charge >= 0.3 is 5.97 Å². The van der Waals surface area contributed by atoms with Crippen molar-refractivity contribution in [3.8, 4) is 0 Å². The summed E-state index contributed by atoms with van der Waals surface area (Å²) in [5, 5.41) is -0.146. The number of benzene rings is 2. The normalized spacial score (nSPS) is 12.2. The van der Waals surface area contributed by atoms with Crippen molar-refractivity contribution in [3.63, 3.8) is 0 Å².